The van der Waals surface area contributed by atoms with Gasteiger partial charge in [-0.3, -0.25) is 4.79 Å². The Labute approximate surface area is 148 Å². The molecular weight excluding hydrogens is 344 g/mol. The molecule has 1 aliphatic rings. The van der Waals surface area contributed by atoms with Gasteiger partial charge in [0.2, 0.25) is 5.91 Å². The van der Waals surface area contributed by atoms with Gasteiger partial charge in [0.15, 0.2) is 0 Å². The number of imidazole rings is 1. The van der Waals surface area contributed by atoms with Crippen molar-refractivity contribution in [2.75, 3.05) is 5.32 Å². The number of carbonyl (C=O) groups excluding carboxylic acids is 1. The Morgan fingerprint density at radius 2 is 2.25 bits per heavy atom. The maximum atomic E-state index is 11.4. The van der Waals surface area contributed by atoms with E-state index >= 15 is 0 Å². The predicted octanol–water partition coefficient (Wildman–Crippen LogP) is 3.67. The first-order chi connectivity index (χ1) is 11.6. The maximum Gasteiger partial charge on any atom is 0.224 e. The molecule has 0 atom stereocenters. The molecule has 0 unspecified atom stereocenters. The predicted molar refractivity (Wildman–Crippen MR) is 95.5 cm³/mol. The highest BCUT2D eigenvalue weighted by Crippen LogP contribution is 2.30. The molecule has 122 valence electrons. The second-order valence-electron chi connectivity index (χ2n) is 5.78. The fraction of sp³-hybridized carbons (Fsp3) is 0.235. The summed E-state index contributed by atoms with van der Waals surface area (Å²) >= 11 is 7.65. The van der Waals surface area contributed by atoms with E-state index in [0.29, 0.717) is 18.0 Å². The summed E-state index contributed by atoms with van der Waals surface area (Å²) in [5, 5.41) is 6.59. The number of fused-ring (bicyclic) bond motifs is 1. The molecule has 1 amide bonds. The van der Waals surface area contributed by atoms with Gasteiger partial charge < -0.3 is 9.88 Å². The Bertz CT molecular complexity index is 931. The molecule has 0 aliphatic carbocycles. The van der Waals surface area contributed by atoms with Gasteiger partial charge in [-0.05, 0) is 24.1 Å². The number of aryl methyl sites for hydroxylation is 1. The van der Waals surface area contributed by atoms with Gasteiger partial charge in [-0.25, -0.2) is 9.97 Å². The van der Waals surface area contributed by atoms with Crippen LogP contribution < -0.4 is 5.32 Å². The van der Waals surface area contributed by atoms with E-state index in [9.17, 15) is 4.79 Å². The molecule has 3 heterocycles. The van der Waals surface area contributed by atoms with Gasteiger partial charge in [0.05, 0.1) is 18.3 Å². The molecule has 0 saturated carbocycles. The van der Waals surface area contributed by atoms with E-state index in [-0.39, 0.29) is 5.91 Å². The van der Waals surface area contributed by atoms with Crippen LogP contribution in [0.4, 0.5) is 5.69 Å². The van der Waals surface area contributed by atoms with Crippen LogP contribution in [0.2, 0.25) is 5.15 Å². The minimum atomic E-state index is 0.0833. The monoisotopic (exact) mass is 358 g/mol. The third-order valence-electron chi connectivity index (χ3n) is 4.19. The van der Waals surface area contributed by atoms with Crippen molar-refractivity contribution in [1.82, 2.24) is 14.5 Å². The van der Waals surface area contributed by atoms with Crippen LogP contribution in [0.25, 0.3) is 11.3 Å². The lowest BCUT2D eigenvalue weighted by Crippen LogP contribution is -2.18. The molecule has 3 aromatic rings. The molecule has 7 heteroatoms. The number of aromatic nitrogens is 3. The molecule has 2 aromatic heterocycles. The van der Waals surface area contributed by atoms with E-state index in [1.807, 2.05) is 23.7 Å². The molecule has 1 N–H and O–H groups in total. The molecule has 5 nitrogen and oxygen atoms in total. The smallest absolute Gasteiger partial charge is 0.224 e. The second kappa shape index (κ2) is 6.03. The summed E-state index contributed by atoms with van der Waals surface area (Å²) in [6.45, 7) is 0. The number of hydrogen-bond donors (Lipinski definition) is 1. The molecule has 0 bridgehead atoms. The summed E-state index contributed by atoms with van der Waals surface area (Å²) in [4.78, 5) is 20.5. The zero-order valence-corrected chi connectivity index (χ0v) is 14.6. The van der Waals surface area contributed by atoms with E-state index < -0.39 is 0 Å². The summed E-state index contributed by atoms with van der Waals surface area (Å²) in [6.07, 6.45) is 3.63. The van der Waals surface area contributed by atoms with Crippen LogP contribution in [0.1, 0.15) is 22.8 Å². The SMILES string of the molecule is Cn1c(Cl)cnc1Cc1nc(-c2ccc3c(c2)CCC(=O)N3)cs1. The summed E-state index contributed by atoms with van der Waals surface area (Å²) in [5.41, 5.74) is 4.10. The number of nitrogens with zero attached hydrogens (tertiary/aromatic N) is 3. The topological polar surface area (TPSA) is 59.8 Å². The molecule has 0 spiro atoms. The zero-order chi connectivity index (χ0) is 16.7. The number of hydrogen-bond acceptors (Lipinski definition) is 4. The van der Waals surface area contributed by atoms with E-state index in [1.54, 1.807) is 17.5 Å². The van der Waals surface area contributed by atoms with Crippen molar-refractivity contribution in [2.24, 2.45) is 7.05 Å². The highest BCUT2D eigenvalue weighted by Gasteiger charge is 2.16. The van der Waals surface area contributed by atoms with Crippen molar-refractivity contribution in [3.05, 3.63) is 51.3 Å². The average molecular weight is 359 g/mol. The maximum absolute atomic E-state index is 11.4. The lowest BCUT2D eigenvalue weighted by atomic mass is 9.99. The molecule has 4 rings (SSSR count). The van der Waals surface area contributed by atoms with Gasteiger partial charge in [-0.1, -0.05) is 17.7 Å². The van der Waals surface area contributed by atoms with Crippen molar-refractivity contribution in [3.8, 4) is 11.3 Å². The fourth-order valence-electron chi connectivity index (χ4n) is 2.79. The van der Waals surface area contributed by atoms with Crippen LogP contribution in [0.15, 0.2) is 29.8 Å². The number of thiazole rings is 1. The minimum absolute atomic E-state index is 0.0833. The van der Waals surface area contributed by atoms with E-state index in [1.165, 1.54) is 0 Å². The van der Waals surface area contributed by atoms with Crippen molar-refractivity contribution in [2.45, 2.75) is 19.3 Å². The third-order valence-corrected chi connectivity index (χ3v) is 5.39. The van der Waals surface area contributed by atoms with Crippen LogP contribution >= 0.6 is 22.9 Å². The number of halogens is 1. The summed E-state index contributed by atoms with van der Waals surface area (Å²) in [7, 11) is 1.90. The van der Waals surface area contributed by atoms with Gasteiger partial charge >= 0.3 is 0 Å². The molecule has 1 aliphatic heterocycles. The highest BCUT2D eigenvalue weighted by atomic mass is 35.5. The molecule has 0 fully saturated rings. The number of amides is 1. The lowest BCUT2D eigenvalue weighted by molar-refractivity contribution is -0.116. The Morgan fingerprint density at radius 1 is 1.38 bits per heavy atom. The number of nitrogens with one attached hydrogen (secondary N) is 1. The van der Waals surface area contributed by atoms with Gasteiger partial charge in [-0.2, -0.15) is 0 Å². The van der Waals surface area contributed by atoms with Gasteiger partial charge in [0.25, 0.3) is 0 Å². The van der Waals surface area contributed by atoms with Crippen LogP contribution in [-0.2, 0) is 24.7 Å². The first-order valence-corrected chi connectivity index (χ1v) is 8.89. The van der Waals surface area contributed by atoms with Crippen molar-refractivity contribution in [3.63, 3.8) is 0 Å². The quantitative estimate of drug-likeness (QED) is 0.777. The summed E-state index contributed by atoms with van der Waals surface area (Å²) < 4.78 is 1.87. The van der Waals surface area contributed by atoms with Crippen LogP contribution in [0.3, 0.4) is 0 Å². The summed E-state index contributed by atoms with van der Waals surface area (Å²) in [5.74, 6) is 0.981. The second-order valence-corrected chi connectivity index (χ2v) is 7.11. The molecular formula is C17H15ClN4OS. The number of carbonyl (C=O) groups is 1. The molecule has 0 saturated heterocycles. The van der Waals surface area contributed by atoms with E-state index in [0.717, 1.165) is 39.8 Å². The summed E-state index contributed by atoms with van der Waals surface area (Å²) in [6, 6.07) is 6.07. The number of anilines is 1. The van der Waals surface area contributed by atoms with Crippen molar-refractivity contribution in [1.29, 1.82) is 0 Å². The normalized spacial score (nSPS) is 13.7. The Hall–Kier alpha value is -2.18. The van der Waals surface area contributed by atoms with Crippen LogP contribution in [0.5, 0.6) is 0 Å². The lowest BCUT2D eigenvalue weighted by Gasteiger charge is -2.17. The Morgan fingerprint density at radius 3 is 3.04 bits per heavy atom. The van der Waals surface area contributed by atoms with Gasteiger partial charge in [0.1, 0.15) is 16.0 Å². The number of rotatable bonds is 3. The third kappa shape index (κ3) is 2.83. The molecule has 24 heavy (non-hydrogen) atoms. The first-order valence-electron chi connectivity index (χ1n) is 7.64. The van der Waals surface area contributed by atoms with Crippen molar-refractivity contribution >= 4 is 34.5 Å². The van der Waals surface area contributed by atoms with E-state index in [4.69, 9.17) is 16.6 Å². The van der Waals surface area contributed by atoms with Gasteiger partial charge in [-0.15, -0.1) is 11.3 Å². The minimum Gasteiger partial charge on any atom is -0.326 e. The standard InChI is InChI=1S/C17H15ClN4OS/c1-22-14(18)8-19-15(22)7-17-21-13(9-24-17)11-2-4-12-10(6-11)3-5-16(23)20-12/h2,4,6,8-9H,3,5,7H2,1H3,(H,20,23). The Kier molecular flexibility index (Phi) is 3.86. The average Bonchev–Trinajstić information content (AvgIpc) is 3.17. The van der Waals surface area contributed by atoms with Crippen LogP contribution in [0, 0.1) is 0 Å². The first kappa shape index (κ1) is 15.4. The number of benzene rings is 1. The van der Waals surface area contributed by atoms with Crippen molar-refractivity contribution < 1.29 is 4.79 Å². The molecule has 1 aromatic carbocycles. The Balaban J connectivity index is 1.59. The molecule has 0 radical (unpaired) electrons. The highest BCUT2D eigenvalue weighted by molar-refractivity contribution is 7.10. The van der Waals surface area contributed by atoms with Crippen LogP contribution in [-0.4, -0.2) is 20.4 Å². The fourth-order valence-corrected chi connectivity index (χ4v) is 3.74. The zero-order valence-electron chi connectivity index (χ0n) is 13.0. The van der Waals surface area contributed by atoms with E-state index in [2.05, 4.69) is 21.7 Å². The largest absolute Gasteiger partial charge is 0.326 e. The van der Waals surface area contributed by atoms with Gasteiger partial charge in [0, 0.05) is 30.1 Å².